The van der Waals surface area contributed by atoms with Gasteiger partial charge in [-0.1, -0.05) is 37.3 Å². The monoisotopic (exact) mass is 349 g/mol. The Labute approximate surface area is 154 Å². The maximum absolute atomic E-state index is 12.9. The molecule has 0 bridgehead atoms. The van der Waals surface area contributed by atoms with E-state index in [2.05, 4.69) is 17.3 Å². The van der Waals surface area contributed by atoms with Gasteiger partial charge in [0.15, 0.2) is 0 Å². The van der Waals surface area contributed by atoms with Crippen LogP contribution in [0.15, 0.2) is 65.3 Å². The maximum Gasteiger partial charge on any atom is 0.284 e. The Kier molecular flexibility index (Phi) is 5.69. The van der Waals surface area contributed by atoms with Crippen LogP contribution in [0.1, 0.15) is 25.8 Å². The summed E-state index contributed by atoms with van der Waals surface area (Å²) in [6, 6.07) is 17.3. The van der Waals surface area contributed by atoms with Gasteiger partial charge in [0.2, 0.25) is 5.90 Å². The first kappa shape index (κ1) is 17.7. The van der Waals surface area contributed by atoms with Gasteiger partial charge in [-0.25, -0.2) is 0 Å². The fourth-order valence-electron chi connectivity index (χ4n) is 2.64. The molecule has 0 aromatic heterocycles. The summed E-state index contributed by atoms with van der Waals surface area (Å²) >= 11 is 0. The summed E-state index contributed by atoms with van der Waals surface area (Å²) in [6.45, 7) is 5.40. The number of nitrogens with zero attached hydrogens (tertiary/aromatic N) is 2. The number of carbonyl (C=O) groups is 1. The molecule has 5 nitrogen and oxygen atoms in total. The number of hydrazone groups is 1. The van der Waals surface area contributed by atoms with E-state index >= 15 is 0 Å². The Balaban J connectivity index is 1.86. The smallest absolute Gasteiger partial charge is 0.284 e. The highest BCUT2D eigenvalue weighted by Crippen LogP contribution is 2.25. The summed E-state index contributed by atoms with van der Waals surface area (Å²) < 4.78 is 5.59. The van der Waals surface area contributed by atoms with E-state index in [1.165, 1.54) is 5.01 Å². The van der Waals surface area contributed by atoms with Gasteiger partial charge in [-0.3, -0.25) is 4.79 Å². The highest BCUT2D eigenvalue weighted by atomic mass is 16.5. The van der Waals surface area contributed by atoms with Crippen LogP contribution >= 0.6 is 0 Å². The second kappa shape index (κ2) is 8.34. The average Bonchev–Trinajstić information content (AvgIpc) is 2.98. The lowest BCUT2D eigenvalue weighted by Crippen LogP contribution is -2.21. The van der Waals surface area contributed by atoms with E-state index in [0.29, 0.717) is 18.1 Å². The molecule has 0 saturated carbocycles. The van der Waals surface area contributed by atoms with Gasteiger partial charge in [0.1, 0.15) is 5.57 Å². The zero-order chi connectivity index (χ0) is 18.4. The van der Waals surface area contributed by atoms with Crippen molar-refractivity contribution in [3.8, 4) is 0 Å². The highest BCUT2D eigenvalue weighted by Gasteiger charge is 2.32. The number of amides is 1. The quantitative estimate of drug-likeness (QED) is 0.792. The fourth-order valence-corrected chi connectivity index (χ4v) is 2.64. The number of ether oxygens (including phenoxy) is 1. The van der Waals surface area contributed by atoms with Gasteiger partial charge in [0.05, 0.1) is 12.3 Å². The van der Waals surface area contributed by atoms with Crippen LogP contribution in [0.3, 0.4) is 0 Å². The third-order valence-electron chi connectivity index (χ3n) is 3.93. The number of hydrogen-bond donors (Lipinski definition) is 1. The number of para-hydroxylation sites is 1. The molecule has 0 spiro atoms. The molecule has 26 heavy (non-hydrogen) atoms. The lowest BCUT2D eigenvalue weighted by atomic mass is 10.1. The van der Waals surface area contributed by atoms with Crippen molar-refractivity contribution in [2.75, 3.05) is 23.5 Å². The van der Waals surface area contributed by atoms with E-state index in [0.717, 1.165) is 29.9 Å². The Morgan fingerprint density at radius 3 is 2.46 bits per heavy atom. The van der Waals surface area contributed by atoms with Crippen molar-refractivity contribution < 1.29 is 9.53 Å². The molecule has 1 aliphatic heterocycles. The summed E-state index contributed by atoms with van der Waals surface area (Å²) in [5, 5.41) is 9.08. The normalized spacial score (nSPS) is 15.3. The number of hydrogen-bond acceptors (Lipinski definition) is 4. The second-order valence-electron chi connectivity index (χ2n) is 5.90. The van der Waals surface area contributed by atoms with Gasteiger partial charge in [-0.05, 0) is 49.2 Å². The van der Waals surface area contributed by atoms with Crippen LogP contribution in [-0.4, -0.2) is 25.0 Å². The van der Waals surface area contributed by atoms with Crippen molar-refractivity contribution in [2.24, 2.45) is 5.10 Å². The zero-order valence-corrected chi connectivity index (χ0v) is 15.1. The first-order chi connectivity index (χ1) is 12.7. The Morgan fingerprint density at radius 1 is 1.08 bits per heavy atom. The number of carbonyl (C=O) groups excluding carboxylic acids is 1. The topological polar surface area (TPSA) is 53.9 Å². The minimum absolute atomic E-state index is 0.187. The van der Waals surface area contributed by atoms with E-state index < -0.39 is 0 Å². The van der Waals surface area contributed by atoms with Crippen molar-refractivity contribution in [1.82, 2.24) is 0 Å². The van der Waals surface area contributed by atoms with Gasteiger partial charge in [0.25, 0.3) is 5.91 Å². The maximum atomic E-state index is 12.9. The summed E-state index contributed by atoms with van der Waals surface area (Å²) in [5.74, 6) is 0.169. The number of rotatable bonds is 6. The molecular weight excluding hydrogens is 326 g/mol. The molecule has 1 aliphatic rings. The predicted octanol–water partition coefficient (Wildman–Crippen LogP) is 4.29. The largest absolute Gasteiger partial charge is 0.476 e. The summed E-state index contributed by atoms with van der Waals surface area (Å²) in [4.78, 5) is 12.9. The molecule has 0 radical (unpaired) electrons. The summed E-state index contributed by atoms with van der Waals surface area (Å²) in [5.41, 5.74) is 3.18. The third kappa shape index (κ3) is 3.94. The number of anilines is 2. The molecular formula is C21H23N3O2. The Bertz CT molecular complexity index is 811. The Hall–Kier alpha value is -3.08. The molecule has 0 fully saturated rings. The summed E-state index contributed by atoms with van der Waals surface area (Å²) in [6.07, 6.45) is 2.90. The average molecular weight is 349 g/mol. The molecule has 1 heterocycles. The van der Waals surface area contributed by atoms with E-state index in [-0.39, 0.29) is 5.91 Å². The molecule has 3 rings (SSSR count). The summed E-state index contributed by atoms with van der Waals surface area (Å²) in [7, 11) is 0. The van der Waals surface area contributed by atoms with Crippen LogP contribution in [0, 0.1) is 0 Å². The SMILES string of the molecule is CCCNc1ccc(/C=C2/C(=O)N(c3ccccc3)N=C2OCC)cc1. The van der Waals surface area contributed by atoms with Crippen LogP contribution in [-0.2, 0) is 9.53 Å². The van der Waals surface area contributed by atoms with Crippen molar-refractivity contribution in [1.29, 1.82) is 0 Å². The van der Waals surface area contributed by atoms with Crippen molar-refractivity contribution >= 4 is 29.3 Å². The van der Waals surface area contributed by atoms with E-state index in [9.17, 15) is 4.79 Å². The van der Waals surface area contributed by atoms with Crippen LogP contribution in [0.4, 0.5) is 11.4 Å². The van der Waals surface area contributed by atoms with E-state index in [1.807, 2.05) is 67.6 Å². The lowest BCUT2D eigenvalue weighted by Gasteiger charge is -2.10. The van der Waals surface area contributed by atoms with Crippen molar-refractivity contribution in [2.45, 2.75) is 20.3 Å². The van der Waals surface area contributed by atoms with Crippen molar-refractivity contribution in [3.05, 3.63) is 65.7 Å². The standard InChI is InChI=1S/C21H23N3O2/c1-3-14-22-17-12-10-16(11-13-17)15-19-20(26-4-2)23-24(21(19)25)18-8-6-5-7-9-18/h5-13,15,22H,3-4,14H2,1-2H3/b19-15+. The fraction of sp³-hybridized carbons (Fsp3) is 0.238. The van der Waals surface area contributed by atoms with Crippen LogP contribution in [0.5, 0.6) is 0 Å². The molecule has 0 atom stereocenters. The number of benzene rings is 2. The van der Waals surface area contributed by atoms with Crippen molar-refractivity contribution in [3.63, 3.8) is 0 Å². The molecule has 134 valence electrons. The van der Waals surface area contributed by atoms with Crippen LogP contribution < -0.4 is 10.3 Å². The molecule has 5 heteroatoms. The highest BCUT2D eigenvalue weighted by molar-refractivity contribution is 6.30. The molecule has 0 saturated heterocycles. The predicted molar refractivity (Wildman–Crippen MR) is 106 cm³/mol. The molecule has 1 amide bonds. The molecule has 2 aromatic rings. The van der Waals surface area contributed by atoms with Gasteiger partial charge < -0.3 is 10.1 Å². The lowest BCUT2D eigenvalue weighted by molar-refractivity contribution is -0.114. The van der Waals surface area contributed by atoms with Gasteiger partial charge in [-0.15, -0.1) is 5.10 Å². The zero-order valence-electron chi connectivity index (χ0n) is 15.1. The molecule has 2 aromatic carbocycles. The second-order valence-corrected chi connectivity index (χ2v) is 5.90. The van der Waals surface area contributed by atoms with Gasteiger partial charge in [-0.2, -0.15) is 5.01 Å². The van der Waals surface area contributed by atoms with Crippen LogP contribution in [0.25, 0.3) is 6.08 Å². The molecule has 0 unspecified atom stereocenters. The Morgan fingerprint density at radius 2 is 1.81 bits per heavy atom. The minimum Gasteiger partial charge on any atom is -0.476 e. The van der Waals surface area contributed by atoms with E-state index in [4.69, 9.17) is 4.74 Å². The minimum atomic E-state index is -0.187. The molecule has 0 aliphatic carbocycles. The van der Waals surface area contributed by atoms with Crippen LogP contribution in [0.2, 0.25) is 0 Å². The van der Waals surface area contributed by atoms with Gasteiger partial charge >= 0.3 is 0 Å². The molecule has 1 N–H and O–H groups in total. The van der Waals surface area contributed by atoms with E-state index in [1.54, 1.807) is 0 Å². The number of nitrogens with one attached hydrogen (secondary N) is 1. The van der Waals surface area contributed by atoms with Gasteiger partial charge in [0, 0.05) is 12.2 Å². The first-order valence-electron chi connectivity index (χ1n) is 8.89. The third-order valence-corrected chi connectivity index (χ3v) is 3.93. The first-order valence-corrected chi connectivity index (χ1v) is 8.89.